The van der Waals surface area contributed by atoms with Gasteiger partial charge in [0.25, 0.3) is 0 Å². The fraction of sp³-hybridized carbons (Fsp3) is 0. The Morgan fingerprint density at radius 1 is 0.371 bits per heavy atom. The van der Waals surface area contributed by atoms with Crippen LogP contribution in [-0.4, -0.2) is 14.1 Å². The van der Waals surface area contributed by atoms with E-state index in [1.54, 1.807) is 0 Å². The second kappa shape index (κ2) is 13.2. The lowest BCUT2D eigenvalue weighted by Gasteiger charge is -2.20. The minimum absolute atomic E-state index is 0.675. The van der Waals surface area contributed by atoms with Gasteiger partial charge in [-0.2, -0.15) is 5.26 Å². The molecule has 0 unspecified atom stereocenters. The maximum Gasteiger partial charge on any atom is 0.145 e. The summed E-state index contributed by atoms with van der Waals surface area (Å²) < 4.78 is 4.60. The first-order valence-electron chi connectivity index (χ1n) is 21.0. The molecule has 13 rings (SSSR count). The molecule has 0 saturated carbocycles. The van der Waals surface area contributed by atoms with Gasteiger partial charge in [0.05, 0.1) is 33.7 Å². The van der Waals surface area contributed by atoms with Crippen LogP contribution in [0, 0.1) is 11.3 Å². The fourth-order valence-corrected chi connectivity index (χ4v) is 10.3. The predicted octanol–water partition coefficient (Wildman–Crippen LogP) is 15.0. The Morgan fingerprint density at radius 3 is 1.63 bits per heavy atom. The molecule has 0 spiro atoms. The molecule has 0 bridgehead atoms. The van der Waals surface area contributed by atoms with Crippen LogP contribution < -0.4 is 0 Å². The third-order valence-electron chi connectivity index (χ3n) is 12.9. The molecule has 0 aliphatic heterocycles. The normalized spacial score (nSPS) is 11.9. The van der Waals surface area contributed by atoms with Crippen LogP contribution in [0.5, 0.6) is 0 Å². The zero-order chi connectivity index (χ0) is 40.9. The van der Waals surface area contributed by atoms with Crippen LogP contribution in [0.15, 0.2) is 206 Å². The van der Waals surface area contributed by atoms with Crippen molar-refractivity contribution in [3.63, 3.8) is 0 Å². The van der Waals surface area contributed by atoms with Crippen LogP contribution in [-0.2, 0) is 0 Å². The van der Waals surface area contributed by atoms with E-state index in [1.165, 1.54) is 54.6 Å². The monoisotopic (exact) mass is 786 g/mol. The quantitative estimate of drug-likeness (QED) is 0.129. The van der Waals surface area contributed by atoms with Gasteiger partial charge in [-0.15, -0.1) is 0 Å². The van der Waals surface area contributed by atoms with Gasteiger partial charge in [-0.05, 0) is 127 Å². The van der Waals surface area contributed by atoms with Crippen molar-refractivity contribution in [1.29, 1.82) is 5.26 Å². The highest BCUT2D eigenvalue weighted by molar-refractivity contribution is 6.31. The molecule has 0 N–H and O–H groups in total. The van der Waals surface area contributed by atoms with Crippen LogP contribution >= 0.6 is 0 Å². The Morgan fingerprint density at radius 2 is 0.919 bits per heavy atom. The molecule has 0 saturated heterocycles. The van der Waals surface area contributed by atoms with Gasteiger partial charge in [-0.3, -0.25) is 4.57 Å². The summed E-state index contributed by atoms with van der Waals surface area (Å²) in [5.41, 5.74) is 12.9. The highest BCUT2D eigenvalue weighted by Crippen LogP contribution is 2.49. The van der Waals surface area contributed by atoms with Gasteiger partial charge >= 0.3 is 0 Å². The second-order valence-corrected chi connectivity index (χ2v) is 16.1. The van der Waals surface area contributed by atoms with Crippen molar-refractivity contribution in [2.45, 2.75) is 0 Å². The van der Waals surface area contributed by atoms with Crippen LogP contribution in [0.4, 0.5) is 0 Å². The summed E-state index contributed by atoms with van der Waals surface area (Å²) in [5, 5.41) is 22.1. The van der Waals surface area contributed by atoms with Gasteiger partial charge in [0, 0.05) is 33.1 Å². The molecule has 11 aromatic carbocycles. The van der Waals surface area contributed by atoms with E-state index >= 15 is 0 Å². The van der Waals surface area contributed by atoms with Crippen molar-refractivity contribution in [1.82, 2.24) is 14.1 Å². The number of hydrogen-bond acceptors (Lipinski definition) is 2. The molecular weight excluding hydrogens is 753 g/mol. The lowest BCUT2D eigenvalue weighted by atomic mass is 9.83. The van der Waals surface area contributed by atoms with E-state index in [9.17, 15) is 5.26 Å². The summed E-state index contributed by atoms with van der Waals surface area (Å²) in [5.74, 6) is 0.895. The minimum Gasteiger partial charge on any atom is -0.309 e. The molecular formula is C58H34N4. The number of fused-ring (bicyclic) bond motifs is 4. The van der Waals surface area contributed by atoms with E-state index in [1.807, 2.05) is 18.2 Å². The Hall–Kier alpha value is -8.52. The van der Waals surface area contributed by atoms with Crippen molar-refractivity contribution < 1.29 is 0 Å². The zero-order valence-electron chi connectivity index (χ0n) is 33.4. The number of nitrogens with zero attached hydrogens (tertiary/aromatic N) is 4. The lowest BCUT2D eigenvalue weighted by molar-refractivity contribution is 1.10. The molecule has 13 aromatic rings. The molecule has 0 amide bonds. The Bertz CT molecular complexity index is 3910. The average molecular weight is 787 g/mol. The van der Waals surface area contributed by atoms with E-state index in [4.69, 9.17) is 4.98 Å². The molecule has 4 heteroatoms. The zero-order valence-corrected chi connectivity index (χ0v) is 33.4. The number of para-hydroxylation sites is 3. The summed E-state index contributed by atoms with van der Waals surface area (Å²) in [6.07, 6.45) is 0. The van der Waals surface area contributed by atoms with E-state index < -0.39 is 0 Å². The Labute approximate surface area is 356 Å². The van der Waals surface area contributed by atoms with Crippen molar-refractivity contribution in [2.24, 2.45) is 0 Å². The molecule has 2 heterocycles. The molecule has 0 fully saturated rings. The second-order valence-electron chi connectivity index (χ2n) is 16.1. The standard InChI is InChI=1S/C58H34N4/c59-35-38-27-33-52-56-42(38)30-31-49-48(55-46-20-8-6-18-44(46)54(45-19-7-9-21-47(45)55)43-22-12-14-36-13-4-5-17-41(36)43)32-34-53(57(49)56)61(52)40-28-25-37(26-29-40)58-60-50-23-10-11-24-51(50)62(58)39-15-2-1-3-16-39/h1-34H. The molecule has 0 atom stereocenters. The van der Waals surface area contributed by atoms with Crippen molar-refractivity contribution >= 4 is 75.9 Å². The topological polar surface area (TPSA) is 46.5 Å². The number of aromatic nitrogens is 3. The number of rotatable bonds is 5. The van der Waals surface area contributed by atoms with Crippen LogP contribution in [0.25, 0.3) is 121 Å². The lowest BCUT2D eigenvalue weighted by Crippen LogP contribution is -1.98. The number of hydrogen-bond donors (Lipinski definition) is 0. The first kappa shape index (κ1) is 34.4. The van der Waals surface area contributed by atoms with Gasteiger partial charge in [0.2, 0.25) is 0 Å². The first-order chi connectivity index (χ1) is 30.7. The van der Waals surface area contributed by atoms with Gasteiger partial charge < -0.3 is 4.57 Å². The first-order valence-corrected chi connectivity index (χ1v) is 21.0. The molecule has 2 aromatic heterocycles. The van der Waals surface area contributed by atoms with E-state index in [2.05, 4.69) is 203 Å². The Kier molecular flexibility index (Phi) is 7.34. The van der Waals surface area contributed by atoms with Gasteiger partial charge in [0.1, 0.15) is 5.82 Å². The number of nitriles is 1. The average Bonchev–Trinajstić information content (AvgIpc) is 3.90. The fourth-order valence-electron chi connectivity index (χ4n) is 10.3. The third kappa shape index (κ3) is 4.85. The highest BCUT2D eigenvalue weighted by Gasteiger charge is 2.24. The molecule has 0 aliphatic carbocycles. The van der Waals surface area contributed by atoms with E-state index in [0.717, 1.165) is 66.4 Å². The molecule has 0 aliphatic rings. The number of benzene rings is 11. The minimum atomic E-state index is 0.675. The Balaban J connectivity index is 1.05. The van der Waals surface area contributed by atoms with E-state index in [-0.39, 0.29) is 0 Å². The smallest absolute Gasteiger partial charge is 0.145 e. The van der Waals surface area contributed by atoms with Crippen LogP contribution in [0.2, 0.25) is 0 Å². The van der Waals surface area contributed by atoms with Gasteiger partial charge in [0.15, 0.2) is 0 Å². The third-order valence-corrected chi connectivity index (χ3v) is 12.9. The molecule has 0 radical (unpaired) electrons. The highest BCUT2D eigenvalue weighted by atomic mass is 15.1. The summed E-state index contributed by atoms with van der Waals surface area (Å²) in [6.45, 7) is 0. The summed E-state index contributed by atoms with van der Waals surface area (Å²) in [7, 11) is 0. The maximum atomic E-state index is 10.4. The van der Waals surface area contributed by atoms with Gasteiger partial charge in [-0.1, -0.05) is 140 Å². The van der Waals surface area contributed by atoms with Crippen molar-refractivity contribution in [3.8, 4) is 51.1 Å². The number of imidazole rings is 1. The summed E-state index contributed by atoms with van der Waals surface area (Å²) in [4.78, 5) is 5.14. The van der Waals surface area contributed by atoms with Crippen molar-refractivity contribution in [2.75, 3.05) is 0 Å². The largest absolute Gasteiger partial charge is 0.309 e. The summed E-state index contributed by atoms with van der Waals surface area (Å²) >= 11 is 0. The molecule has 62 heavy (non-hydrogen) atoms. The maximum absolute atomic E-state index is 10.4. The van der Waals surface area contributed by atoms with Crippen LogP contribution in [0.3, 0.4) is 0 Å². The van der Waals surface area contributed by atoms with E-state index in [0.29, 0.717) is 5.56 Å². The summed E-state index contributed by atoms with van der Waals surface area (Å²) in [6, 6.07) is 76.2. The van der Waals surface area contributed by atoms with Crippen molar-refractivity contribution in [3.05, 3.63) is 212 Å². The van der Waals surface area contributed by atoms with Crippen LogP contribution in [0.1, 0.15) is 5.56 Å². The predicted molar refractivity (Wildman–Crippen MR) is 258 cm³/mol. The molecule has 4 nitrogen and oxygen atoms in total. The molecule has 286 valence electrons. The SMILES string of the molecule is N#Cc1ccc2c3c1ccc1c(-c4c5ccccc5c(-c5cccc6ccccc56)c5ccccc45)ccc(c13)n2-c1ccc(-c2nc3ccccc3n2-c2ccccc2)cc1. The van der Waals surface area contributed by atoms with Gasteiger partial charge in [-0.25, -0.2) is 4.98 Å².